The van der Waals surface area contributed by atoms with Gasteiger partial charge in [-0.2, -0.15) is 0 Å². The number of aliphatic imine (C=N–C) groups is 1. The van der Waals surface area contributed by atoms with E-state index in [1.807, 2.05) is 0 Å². The third-order valence-electron chi connectivity index (χ3n) is 2.63. The van der Waals surface area contributed by atoms with E-state index in [0.717, 1.165) is 58.7 Å². The number of nitrogens with zero attached hydrogens (tertiary/aromatic N) is 1. The van der Waals surface area contributed by atoms with E-state index in [0.29, 0.717) is 0 Å². The molecule has 1 aliphatic heterocycles. The Kier molecular flexibility index (Phi) is 9.40. The average molecular weight is 226 g/mol. The normalized spacial score (nSPS) is 23.0. The highest BCUT2D eigenvalue weighted by atomic mass is 14.9. The van der Waals surface area contributed by atoms with Crippen LogP contribution < -0.4 is 16.0 Å². The minimum atomic E-state index is 0.964. The van der Waals surface area contributed by atoms with E-state index in [9.17, 15) is 0 Å². The molecule has 4 nitrogen and oxygen atoms in total. The van der Waals surface area contributed by atoms with Crippen LogP contribution in [0.25, 0.3) is 0 Å². The fourth-order valence-corrected chi connectivity index (χ4v) is 1.70. The molecule has 0 amide bonds. The summed E-state index contributed by atoms with van der Waals surface area (Å²) in [5, 5.41) is 10.3. The molecule has 1 rings (SSSR count). The highest BCUT2D eigenvalue weighted by molar-refractivity contribution is 5.57. The molecule has 0 saturated carbocycles. The number of hydrogen-bond donors (Lipinski definition) is 3. The van der Waals surface area contributed by atoms with Crippen LogP contribution in [0.1, 0.15) is 25.7 Å². The maximum atomic E-state index is 4.38. The van der Waals surface area contributed by atoms with E-state index in [1.54, 1.807) is 0 Å². The molecule has 16 heavy (non-hydrogen) atoms. The van der Waals surface area contributed by atoms with Crippen molar-refractivity contribution in [2.24, 2.45) is 4.99 Å². The zero-order chi connectivity index (χ0) is 11.3. The van der Waals surface area contributed by atoms with Crippen molar-refractivity contribution in [1.82, 2.24) is 16.0 Å². The summed E-state index contributed by atoms with van der Waals surface area (Å²) < 4.78 is 0. The van der Waals surface area contributed by atoms with E-state index >= 15 is 0 Å². The first-order valence-electron chi connectivity index (χ1n) is 6.60. The first-order valence-corrected chi connectivity index (χ1v) is 6.60. The Labute approximate surface area is 99.3 Å². The lowest BCUT2D eigenvalue weighted by Gasteiger charge is -2.07. The largest absolute Gasteiger partial charge is 0.317 e. The Bertz CT molecular complexity index is 152. The van der Waals surface area contributed by atoms with Crippen molar-refractivity contribution in [1.29, 1.82) is 0 Å². The summed E-state index contributed by atoms with van der Waals surface area (Å²) in [7, 11) is 0. The standard InChI is InChI=1S/C12H26N4/c1-5-13-7-2-9-15-11-4-12-16-10-3-8-14-6-1/h5,14-16H,1-4,6-12H2. The molecule has 0 aromatic rings. The second-order valence-corrected chi connectivity index (χ2v) is 4.19. The number of nitrogens with one attached hydrogen (secondary N) is 3. The molecule has 0 unspecified atom stereocenters. The average Bonchev–Trinajstić information content (AvgIpc) is 2.29. The highest BCUT2D eigenvalue weighted by Crippen LogP contribution is 1.83. The summed E-state index contributed by atoms with van der Waals surface area (Å²) in [6, 6.07) is 0. The van der Waals surface area contributed by atoms with Crippen LogP contribution in [0.3, 0.4) is 0 Å². The quantitative estimate of drug-likeness (QED) is 0.560. The molecular formula is C12H26N4. The van der Waals surface area contributed by atoms with Crippen LogP contribution in [0, 0.1) is 0 Å². The van der Waals surface area contributed by atoms with E-state index in [4.69, 9.17) is 0 Å². The zero-order valence-corrected chi connectivity index (χ0v) is 10.3. The number of hydrogen-bond acceptors (Lipinski definition) is 4. The lowest BCUT2D eigenvalue weighted by Crippen LogP contribution is -2.26. The smallest absolute Gasteiger partial charge is 0.0397 e. The van der Waals surface area contributed by atoms with Crippen molar-refractivity contribution in [2.75, 3.05) is 45.8 Å². The molecule has 94 valence electrons. The van der Waals surface area contributed by atoms with Crippen LogP contribution in [0.2, 0.25) is 0 Å². The van der Waals surface area contributed by atoms with Crippen LogP contribution in [-0.2, 0) is 0 Å². The molecule has 1 heterocycles. The van der Waals surface area contributed by atoms with Gasteiger partial charge in [-0.1, -0.05) is 0 Å². The van der Waals surface area contributed by atoms with Gasteiger partial charge >= 0.3 is 0 Å². The molecule has 0 aromatic carbocycles. The molecule has 0 spiro atoms. The predicted molar refractivity (Wildman–Crippen MR) is 70.4 cm³/mol. The van der Waals surface area contributed by atoms with Crippen molar-refractivity contribution in [3.8, 4) is 0 Å². The predicted octanol–water partition coefficient (Wildman–Crippen LogP) is 0.400. The van der Waals surface area contributed by atoms with Gasteiger partial charge in [-0.15, -0.1) is 0 Å². The minimum absolute atomic E-state index is 0.964. The molecule has 0 bridgehead atoms. The summed E-state index contributed by atoms with van der Waals surface area (Å²) in [6.07, 6.45) is 6.69. The van der Waals surface area contributed by atoms with Crippen LogP contribution in [0.5, 0.6) is 0 Å². The second-order valence-electron chi connectivity index (χ2n) is 4.19. The lowest BCUT2D eigenvalue weighted by atomic mass is 10.3. The first-order chi connectivity index (χ1) is 8.00. The van der Waals surface area contributed by atoms with Crippen molar-refractivity contribution in [2.45, 2.75) is 25.7 Å². The first kappa shape index (κ1) is 13.6. The molecular weight excluding hydrogens is 200 g/mol. The van der Waals surface area contributed by atoms with Gasteiger partial charge < -0.3 is 16.0 Å². The third-order valence-corrected chi connectivity index (χ3v) is 2.63. The van der Waals surface area contributed by atoms with Gasteiger partial charge in [0.25, 0.3) is 0 Å². The Balaban J connectivity index is 2.07. The maximum absolute atomic E-state index is 4.38. The van der Waals surface area contributed by atoms with Gasteiger partial charge in [0.2, 0.25) is 0 Å². The van der Waals surface area contributed by atoms with Crippen LogP contribution in [0.4, 0.5) is 0 Å². The molecule has 0 fully saturated rings. The summed E-state index contributed by atoms with van der Waals surface area (Å²) in [5.41, 5.74) is 0. The van der Waals surface area contributed by atoms with Crippen molar-refractivity contribution >= 4 is 6.21 Å². The van der Waals surface area contributed by atoms with E-state index in [1.165, 1.54) is 12.8 Å². The highest BCUT2D eigenvalue weighted by Gasteiger charge is 1.91. The van der Waals surface area contributed by atoms with E-state index in [2.05, 4.69) is 27.2 Å². The lowest BCUT2D eigenvalue weighted by molar-refractivity contribution is 0.562. The molecule has 1 aliphatic rings. The molecule has 0 atom stereocenters. The molecule has 0 saturated heterocycles. The third kappa shape index (κ3) is 8.83. The number of rotatable bonds is 0. The Morgan fingerprint density at radius 3 is 1.94 bits per heavy atom. The fourth-order valence-electron chi connectivity index (χ4n) is 1.70. The van der Waals surface area contributed by atoms with Gasteiger partial charge in [0, 0.05) is 13.1 Å². The molecule has 0 aliphatic carbocycles. The Hall–Kier alpha value is -0.450. The van der Waals surface area contributed by atoms with Crippen molar-refractivity contribution < 1.29 is 0 Å². The monoisotopic (exact) mass is 226 g/mol. The van der Waals surface area contributed by atoms with Gasteiger partial charge in [0.1, 0.15) is 0 Å². The van der Waals surface area contributed by atoms with Crippen LogP contribution in [-0.4, -0.2) is 52.0 Å². The SMILES string of the molecule is C1=NCCCNCCCNCCCNCC1. The van der Waals surface area contributed by atoms with Gasteiger partial charge in [-0.3, -0.25) is 4.99 Å². The summed E-state index contributed by atoms with van der Waals surface area (Å²) in [4.78, 5) is 4.38. The molecule has 0 radical (unpaired) electrons. The molecule has 3 N–H and O–H groups in total. The Morgan fingerprint density at radius 1 is 0.688 bits per heavy atom. The van der Waals surface area contributed by atoms with Gasteiger partial charge in [-0.05, 0) is 64.6 Å². The fraction of sp³-hybridized carbons (Fsp3) is 0.917. The van der Waals surface area contributed by atoms with Crippen LogP contribution >= 0.6 is 0 Å². The topological polar surface area (TPSA) is 48.5 Å². The maximum Gasteiger partial charge on any atom is 0.0397 e. The molecule has 0 aromatic heterocycles. The van der Waals surface area contributed by atoms with Gasteiger partial charge in [0.05, 0.1) is 0 Å². The van der Waals surface area contributed by atoms with Crippen LogP contribution in [0.15, 0.2) is 4.99 Å². The van der Waals surface area contributed by atoms with Gasteiger partial charge in [0.15, 0.2) is 0 Å². The minimum Gasteiger partial charge on any atom is -0.317 e. The summed E-state index contributed by atoms with van der Waals surface area (Å²) in [5.74, 6) is 0. The second kappa shape index (κ2) is 11.0. The summed E-state index contributed by atoms with van der Waals surface area (Å²) in [6.45, 7) is 7.60. The van der Waals surface area contributed by atoms with Crippen molar-refractivity contribution in [3.05, 3.63) is 0 Å². The van der Waals surface area contributed by atoms with E-state index < -0.39 is 0 Å². The van der Waals surface area contributed by atoms with Gasteiger partial charge in [-0.25, -0.2) is 0 Å². The summed E-state index contributed by atoms with van der Waals surface area (Å²) >= 11 is 0. The van der Waals surface area contributed by atoms with Crippen molar-refractivity contribution in [3.63, 3.8) is 0 Å². The zero-order valence-electron chi connectivity index (χ0n) is 10.3. The molecule has 4 heteroatoms. The van der Waals surface area contributed by atoms with E-state index in [-0.39, 0.29) is 0 Å². The Morgan fingerprint density at radius 2 is 1.25 bits per heavy atom.